The molecule has 1 N–H and O–H groups in total. The third-order valence-corrected chi connectivity index (χ3v) is 3.05. The second-order valence-electron chi connectivity index (χ2n) is 4.60. The van der Waals surface area contributed by atoms with E-state index in [2.05, 4.69) is 10.3 Å². The van der Waals surface area contributed by atoms with Crippen LogP contribution in [0, 0.1) is 0 Å². The van der Waals surface area contributed by atoms with Crippen LogP contribution >= 0.6 is 0 Å². The van der Waals surface area contributed by atoms with Crippen LogP contribution < -0.4 is 5.32 Å². The number of rotatable bonds is 5. The topological polar surface area (TPSA) is 46.9 Å². The average Bonchev–Trinajstić information content (AvgIpc) is 2.93. The number of imidazole rings is 1. The Morgan fingerprint density at radius 1 is 1.37 bits per heavy atom. The highest BCUT2D eigenvalue weighted by Gasteiger charge is 2.08. The Kier molecular flexibility index (Phi) is 4.34. The highest BCUT2D eigenvalue weighted by atomic mass is 16.1. The largest absolute Gasteiger partial charge is 0.350 e. The van der Waals surface area contributed by atoms with E-state index in [-0.39, 0.29) is 11.9 Å². The van der Waals surface area contributed by atoms with Gasteiger partial charge in [0.1, 0.15) is 0 Å². The van der Waals surface area contributed by atoms with Gasteiger partial charge in [-0.2, -0.15) is 0 Å². The van der Waals surface area contributed by atoms with Gasteiger partial charge in [0.25, 0.3) is 0 Å². The summed E-state index contributed by atoms with van der Waals surface area (Å²) in [4.78, 5) is 15.6. The molecule has 0 bridgehead atoms. The monoisotopic (exact) mass is 257 g/mol. The molecule has 0 spiro atoms. The SMILES string of the molecule is CCCC(=O)N[C@@H](C)c1ccc(-n2ccnc2)cc1. The predicted octanol–water partition coefficient (Wildman–Crippen LogP) is 2.85. The van der Waals surface area contributed by atoms with E-state index in [1.54, 1.807) is 12.5 Å². The highest BCUT2D eigenvalue weighted by Crippen LogP contribution is 2.15. The van der Waals surface area contributed by atoms with Gasteiger partial charge in [-0.3, -0.25) is 4.79 Å². The molecular weight excluding hydrogens is 238 g/mol. The molecule has 1 atom stereocenters. The Labute approximate surface area is 113 Å². The maximum absolute atomic E-state index is 11.6. The minimum atomic E-state index is 0.0379. The Balaban J connectivity index is 2.04. The summed E-state index contributed by atoms with van der Waals surface area (Å²) in [6, 6.07) is 8.16. The van der Waals surface area contributed by atoms with E-state index in [1.165, 1.54) is 0 Å². The molecule has 4 heteroatoms. The summed E-state index contributed by atoms with van der Waals surface area (Å²) in [5, 5.41) is 2.99. The van der Waals surface area contributed by atoms with Crippen molar-refractivity contribution in [2.45, 2.75) is 32.7 Å². The lowest BCUT2D eigenvalue weighted by molar-refractivity contribution is -0.121. The normalized spacial score (nSPS) is 12.1. The van der Waals surface area contributed by atoms with Gasteiger partial charge in [0.05, 0.1) is 12.4 Å². The molecule has 1 amide bonds. The zero-order chi connectivity index (χ0) is 13.7. The second-order valence-corrected chi connectivity index (χ2v) is 4.60. The average molecular weight is 257 g/mol. The van der Waals surface area contributed by atoms with Crippen molar-refractivity contribution >= 4 is 5.91 Å². The molecule has 0 radical (unpaired) electrons. The zero-order valence-electron chi connectivity index (χ0n) is 11.3. The first-order valence-corrected chi connectivity index (χ1v) is 6.58. The van der Waals surface area contributed by atoms with Crippen LogP contribution in [0.2, 0.25) is 0 Å². The van der Waals surface area contributed by atoms with E-state index in [0.717, 1.165) is 17.7 Å². The first-order chi connectivity index (χ1) is 9.20. The summed E-state index contributed by atoms with van der Waals surface area (Å²) in [7, 11) is 0. The first kappa shape index (κ1) is 13.3. The summed E-state index contributed by atoms with van der Waals surface area (Å²) in [6.45, 7) is 4.00. The number of nitrogens with one attached hydrogen (secondary N) is 1. The van der Waals surface area contributed by atoms with E-state index in [4.69, 9.17) is 0 Å². The van der Waals surface area contributed by atoms with Crippen LogP contribution in [-0.2, 0) is 4.79 Å². The number of aromatic nitrogens is 2. The molecule has 100 valence electrons. The smallest absolute Gasteiger partial charge is 0.220 e. The summed E-state index contributed by atoms with van der Waals surface area (Å²) in [6.07, 6.45) is 6.88. The number of hydrogen-bond acceptors (Lipinski definition) is 2. The molecule has 0 fully saturated rings. The van der Waals surface area contributed by atoms with Crippen LogP contribution in [0.1, 0.15) is 38.3 Å². The highest BCUT2D eigenvalue weighted by molar-refractivity contribution is 5.76. The zero-order valence-corrected chi connectivity index (χ0v) is 11.3. The molecule has 2 rings (SSSR count). The van der Waals surface area contributed by atoms with E-state index in [1.807, 2.05) is 48.9 Å². The molecule has 1 aromatic heterocycles. The summed E-state index contributed by atoms with van der Waals surface area (Å²) in [5.74, 6) is 0.105. The fourth-order valence-electron chi connectivity index (χ4n) is 1.97. The summed E-state index contributed by atoms with van der Waals surface area (Å²) in [5.41, 5.74) is 2.17. The maximum Gasteiger partial charge on any atom is 0.220 e. The minimum absolute atomic E-state index is 0.0379. The Hall–Kier alpha value is -2.10. The van der Waals surface area contributed by atoms with E-state index in [9.17, 15) is 4.79 Å². The van der Waals surface area contributed by atoms with Crippen LogP contribution in [0.3, 0.4) is 0 Å². The van der Waals surface area contributed by atoms with Crippen LogP contribution in [0.15, 0.2) is 43.0 Å². The Morgan fingerprint density at radius 3 is 2.68 bits per heavy atom. The van der Waals surface area contributed by atoms with Gasteiger partial charge in [-0.1, -0.05) is 19.1 Å². The Bertz CT molecular complexity index is 517. The number of carbonyl (C=O) groups is 1. The summed E-state index contributed by atoms with van der Waals surface area (Å²) < 4.78 is 1.95. The number of amides is 1. The van der Waals surface area contributed by atoms with Crippen molar-refractivity contribution in [3.63, 3.8) is 0 Å². The number of hydrogen-bond donors (Lipinski definition) is 1. The van der Waals surface area contributed by atoms with Gasteiger partial charge >= 0.3 is 0 Å². The molecule has 1 aromatic carbocycles. The Morgan fingerprint density at radius 2 is 2.11 bits per heavy atom. The standard InChI is InChI=1S/C15H19N3O/c1-3-4-15(19)17-12(2)13-5-7-14(8-6-13)18-10-9-16-11-18/h5-12H,3-4H2,1-2H3,(H,17,19)/t12-/m0/s1. The lowest BCUT2D eigenvalue weighted by atomic mass is 10.1. The van der Waals surface area contributed by atoms with Crippen LogP contribution in [-0.4, -0.2) is 15.5 Å². The fraction of sp³-hybridized carbons (Fsp3) is 0.333. The van der Waals surface area contributed by atoms with E-state index < -0.39 is 0 Å². The van der Waals surface area contributed by atoms with Gasteiger partial charge in [0.15, 0.2) is 0 Å². The minimum Gasteiger partial charge on any atom is -0.350 e. The molecule has 1 heterocycles. The van der Waals surface area contributed by atoms with Gasteiger partial charge in [-0.25, -0.2) is 4.98 Å². The van der Waals surface area contributed by atoms with E-state index in [0.29, 0.717) is 6.42 Å². The number of benzene rings is 1. The molecule has 2 aromatic rings. The molecule has 0 aliphatic carbocycles. The molecular formula is C15H19N3O. The van der Waals surface area contributed by atoms with Crippen molar-refractivity contribution in [2.24, 2.45) is 0 Å². The quantitative estimate of drug-likeness (QED) is 0.895. The van der Waals surface area contributed by atoms with Crippen molar-refractivity contribution < 1.29 is 4.79 Å². The molecule has 0 unspecified atom stereocenters. The van der Waals surface area contributed by atoms with Gasteiger partial charge in [0.2, 0.25) is 5.91 Å². The van der Waals surface area contributed by atoms with Crippen molar-refractivity contribution in [3.8, 4) is 5.69 Å². The lowest BCUT2D eigenvalue weighted by Gasteiger charge is -2.14. The van der Waals surface area contributed by atoms with Crippen molar-refractivity contribution in [2.75, 3.05) is 0 Å². The van der Waals surface area contributed by atoms with Gasteiger partial charge in [0, 0.05) is 24.5 Å². The molecule has 0 saturated heterocycles. The molecule has 0 saturated carbocycles. The number of carbonyl (C=O) groups excluding carboxylic acids is 1. The number of nitrogens with zero attached hydrogens (tertiary/aromatic N) is 2. The third kappa shape index (κ3) is 3.44. The van der Waals surface area contributed by atoms with Gasteiger partial charge < -0.3 is 9.88 Å². The molecule has 0 aliphatic heterocycles. The summed E-state index contributed by atoms with van der Waals surface area (Å²) >= 11 is 0. The van der Waals surface area contributed by atoms with Crippen molar-refractivity contribution in [3.05, 3.63) is 48.5 Å². The van der Waals surface area contributed by atoms with Crippen LogP contribution in [0.5, 0.6) is 0 Å². The van der Waals surface area contributed by atoms with Gasteiger partial charge in [-0.15, -0.1) is 0 Å². The van der Waals surface area contributed by atoms with Crippen molar-refractivity contribution in [1.82, 2.24) is 14.9 Å². The fourth-order valence-corrected chi connectivity index (χ4v) is 1.97. The van der Waals surface area contributed by atoms with E-state index >= 15 is 0 Å². The third-order valence-electron chi connectivity index (χ3n) is 3.05. The maximum atomic E-state index is 11.6. The second kappa shape index (κ2) is 6.18. The lowest BCUT2D eigenvalue weighted by Crippen LogP contribution is -2.26. The van der Waals surface area contributed by atoms with Crippen LogP contribution in [0.4, 0.5) is 0 Å². The first-order valence-electron chi connectivity index (χ1n) is 6.58. The van der Waals surface area contributed by atoms with Gasteiger partial charge in [-0.05, 0) is 31.0 Å². The van der Waals surface area contributed by atoms with Crippen LogP contribution in [0.25, 0.3) is 5.69 Å². The predicted molar refractivity (Wildman–Crippen MR) is 75.0 cm³/mol. The molecule has 0 aliphatic rings. The molecule has 19 heavy (non-hydrogen) atoms. The van der Waals surface area contributed by atoms with Crippen molar-refractivity contribution in [1.29, 1.82) is 0 Å². The molecule has 4 nitrogen and oxygen atoms in total.